The number of aromatic nitrogens is 6. The van der Waals surface area contributed by atoms with Crippen molar-refractivity contribution in [3.05, 3.63) is 76.7 Å². The van der Waals surface area contributed by atoms with Crippen molar-refractivity contribution in [1.82, 2.24) is 30.0 Å². The second-order valence-corrected chi connectivity index (χ2v) is 12.2. The van der Waals surface area contributed by atoms with Crippen molar-refractivity contribution in [2.45, 2.75) is 126 Å². The highest BCUT2D eigenvalue weighted by atomic mass is 32.2. The lowest BCUT2D eigenvalue weighted by Crippen LogP contribution is -2.15. The highest BCUT2D eigenvalue weighted by molar-refractivity contribution is 7.99. The first-order valence-electron chi connectivity index (χ1n) is 16.2. The molecular weight excluding hydrogens is 540 g/mol. The third-order valence-electron chi connectivity index (χ3n) is 7.85. The molecule has 0 bridgehead atoms. The Balaban J connectivity index is 1.22. The number of tetrazole rings is 1. The van der Waals surface area contributed by atoms with Gasteiger partial charge >= 0.3 is 0 Å². The number of hydrogen-bond acceptors (Lipinski definition) is 5. The minimum atomic E-state index is -0.0692. The fourth-order valence-corrected chi connectivity index (χ4v) is 6.35. The van der Waals surface area contributed by atoms with E-state index in [2.05, 4.69) is 27.5 Å². The van der Waals surface area contributed by atoms with Crippen molar-refractivity contribution >= 4 is 11.8 Å². The maximum Gasteiger partial charge on any atom is 0.285 e. The summed E-state index contributed by atoms with van der Waals surface area (Å²) >= 11 is 1.34. The molecular formula is C34H48N6OS. The molecule has 8 heteroatoms. The lowest BCUT2D eigenvalue weighted by molar-refractivity contribution is 0.529. The summed E-state index contributed by atoms with van der Waals surface area (Å²) in [4.78, 5) is 14.2. The number of H-pyrrole nitrogens is 1. The summed E-state index contributed by atoms with van der Waals surface area (Å²) in [7, 11) is 0. The van der Waals surface area contributed by atoms with E-state index in [4.69, 9.17) is 0 Å². The van der Waals surface area contributed by atoms with Gasteiger partial charge in [0.1, 0.15) is 4.90 Å². The monoisotopic (exact) mass is 588 g/mol. The number of nitrogens with zero attached hydrogens (tertiary/aromatic N) is 5. The average Bonchev–Trinajstić information content (AvgIpc) is 3.62. The molecule has 226 valence electrons. The van der Waals surface area contributed by atoms with Crippen LogP contribution in [0, 0.1) is 0 Å². The molecule has 0 aliphatic carbocycles. The van der Waals surface area contributed by atoms with Crippen LogP contribution in [0.1, 0.15) is 115 Å². The van der Waals surface area contributed by atoms with Gasteiger partial charge < -0.3 is 0 Å². The van der Waals surface area contributed by atoms with Gasteiger partial charge in [0.25, 0.3) is 5.56 Å². The summed E-state index contributed by atoms with van der Waals surface area (Å²) in [6.07, 6.45) is 22.3. The number of hydrogen-bond donors (Lipinski definition) is 1. The highest BCUT2D eigenvalue weighted by Crippen LogP contribution is 2.28. The quantitative estimate of drug-likeness (QED) is 0.0982. The highest BCUT2D eigenvalue weighted by Gasteiger charge is 2.20. The van der Waals surface area contributed by atoms with Gasteiger partial charge in [0.05, 0.1) is 17.1 Å². The summed E-state index contributed by atoms with van der Waals surface area (Å²) in [5, 5.41) is 16.3. The van der Waals surface area contributed by atoms with Crippen molar-refractivity contribution in [2.24, 2.45) is 0 Å². The lowest BCUT2D eigenvalue weighted by Gasteiger charge is -2.05. The fraction of sp³-hybridized carbons (Fsp3) is 0.529. The van der Waals surface area contributed by atoms with Crippen LogP contribution in [0.15, 0.2) is 75.5 Å². The molecule has 0 atom stereocenters. The van der Waals surface area contributed by atoms with Crippen LogP contribution in [0.2, 0.25) is 0 Å². The van der Waals surface area contributed by atoms with Crippen LogP contribution in [0.25, 0.3) is 11.4 Å². The Labute approximate surface area is 255 Å². The molecule has 2 heterocycles. The van der Waals surface area contributed by atoms with E-state index in [0.29, 0.717) is 10.1 Å². The standard InChI is InChI=1S/C34H48N6OS/c1-2-3-4-5-6-7-8-9-10-11-12-13-14-15-16-23-28-31-32(33(41)39(36-31)29-24-19-17-20-25-29)42-34-35-37-38-40(34)30-26-21-18-22-27-30/h17-22,24-27,36H,2-16,23,28H2,1H3. The van der Waals surface area contributed by atoms with Gasteiger partial charge in [-0.15, -0.1) is 5.10 Å². The maximum absolute atomic E-state index is 13.6. The number of nitrogens with one attached hydrogen (secondary N) is 1. The van der Waals surface area contributed by atoms with E-state index < -0.39 is 0 Å². The topological polar surface area (TPSA) is 81.4 Å². The molecule has 0 radical (unpaired) electrons. The van der Waals surface area contributed by atoms with Crippen LogP contribution < -0.4 is 5.56 Å². The molecule has 0 saturated heterocycles. The first-order valence-corrected chi connectivity index (χ1v) is 17.0. The van der Waals surface area contributed by atoms with Crippen LogP contribution in [-0.4, -0.2) is 30.0 Å². The van der Waals surface area contributed by atoms with Crippen LogP contribution in [-0.2, 0) is 6.42 Å². The predicted octanol–water partition coefficient (Wildman–Crippen LogP) is 9.10. The van der Waals surface area contributed by atoms with E-state index in [1.54, 1.807) is 9.36 Å². The molecule has 0 fully saturated rings. The normalized spacial score (nSPS) is 11.4. The Hall–Kier alpha value is -3.13. The second kappa shape index (κ2) is 18.4. The molecule has 0 unspecified atom stereocenters. The van der Waals surface area contributed by atoms with Crippen LogP contribution in [0.3, 0.4) is 0 Å². The first-order chi connectivity index (χ1) is 20.8. The third kappa shape index (κ3) is 10.0. The van der Waals surface area contributed by atoms with Gasteiger partial charge in [-0.1, -0.05) is 140 Å². The van der Waals surface area contributed by atoms with Gasteiger partial charge in [-0.2, -0.15) is 4.68 Å². The SMILES string of the molecule is CCCCCCCCCCCCCCCCCCc1[nH]n(-c2ccccc2)c(=O)c1Sc1nnnn1-c1ccccc1. The van der Waals surface area contributed by atoms with Gasteiger partial charge in [0.2, 0.25) is 5.16 Å². The summed E-state index contributed by atoms with van der Waals surface area (Å²) < 4.78 is 3.32. The largest absolute Gasteiger partial charge is 0.294 e. The maximum atomic E-state index is 13.6. The molecule has 7 nitrogen and oxygen atoms in total. The zero-order chi connectivity index (χ0) is 29.2. The van der Waals surface area contributed by atoms with E-state index in [1.165, 1.54) is 108 Å². The molecule has 0 amide bonds. The van der Waals surface area contributed by atoms with Crippen LogP contribution in [0.5, 0.6) is 0 Å². The van der Waals surface area contributed by atoms with E-state index >= 15 is 0 Å². The molecule has 2 aromatic heterocycles. The molecule has 0 saturated carbocycles. The third-order valence-corrected chi connectivity index (χ3v) is 8.91. The van der Waals surface area contributed by atoms with E-state index in [-0.39, 0.29) is 5.56 Å². The minimum Gasteiger partial charge on any atom is -0.294 e. The number of rotatable bonds is 21. The van der Waals surface area contributed by atoms with Gasteiger partial charge in [0.15, 0.2) is 0 Å². The van der Waals surface area contributed by atoms with Gasteiger partial charge in [-0.3, -0.25) is 9.89 Å². The van der Waals surface area contributed by atoms with Crippen molar-refractivity contribution < 1.29 is 0 Å². The Morgan fingerprint density at radius 3 is 1.71 bits per heavy atom. The van der Waals surface area contributed by atoms with Crippen LogP contribution >= 0.6 is 11.8 Å². The van der Waals surface area contributed by atoms with E-state index in [0.717, 1.165) is 29.9 Å². The van der Waals surface area contributed by atoms with Crippen molar-refractivity contribution in [3.8, 4) is 11.4 Å². The molecule has 1 N–H and O–H groups in total. The number of benzene rings is 2. The van der Waals surface area contributed by atoms with Crippen LogP contribution in [0.4, 0.5) is 0 Å². The lowest BCUT2D eigenvalue weighted by atomic mass is 10.0. The predicted molar refractivity (Wildman–Crippen MR) is 173 cm³/mol. The Morgan fingerprint density at radius 2 is 1.17 bits per heavy atom. The van der Waals surface area contributed by atoms with Crippen molar-refractivity contribution in [2.75, 3.05) is 0 Å². The molecule has 2 aromatic carbocycles. The smallest absolute Gasteiger partial charge is 0.285 e. The fourth-order valence-electron chi connectivity index (χ4n) is 5.42. The Morgan fingerprint density at radius 1 is 0.667 bits per heavy atom. The Bertz CT molecular complexity index is 1330. The summed E-state index contributed by atoms with van der Waals surface area (Å²) in [6.45, 7) is 2.28. The average molecular weight is 589 g/mol. The second-order valence-electron chi connectivity index (χ2n) is 11.3. The number of unbranched alkanes of at least 4 members (excludes halogenated alkanes) is 15. The molecule has 0 spiro atoms. The summed E-state index contributed by atoms with van der Waals surface area (Å²) in [5.74, 6) is 0. The first kappa shape index (κ1) is 31.8. The number of aryl methyl sites for hydroxylation is 1. The molecule has 0 aliphatic rings. The molecule has 4 aromatic rings. The van der Waals surface area contributed by atoms with E-state index in [9.17, 15) is 4.79 Å². The summed E-state index contributed by atoms with van der Waals surface area (Å²) in [5.41, 5.74) is 2.57. The zero-order valence-corrected chi connectivity index (χ0v) is 26.2. The van der Waals surface area contributed by atoms with Gasteiger partial charge in [-0.25, -0.2) is 4.68 Å². The summed E-state index contributed by atoms with van der Waals surface area (Å²) in [6, 6.07) is 19.5. The molecule has 42 heavy (non-hydrogen) atoms. The van der Waals surface area contributed by atoms with Gasteiger partial charge in [0, 0.05) is 0 Å². The number of para-hydroxylation sites is 2. The minimum absolute atomic E-state index is 0.0692. The number of aromatic amines is 1. The van der Waals surface area contributed by atoms with Crippen molar-refractivity contribution in [3.63, 3.8) is 0 Å². The molecule has 4 rings (SSSR count). The Kier molecular flexibility index (Phi) is 13.9. The van der Waals surface area contributed by atoms with Crippen molar-refractivity contribution in [1.29, 1.82) is 0 Å². The van der Waals surface area contributed by atoms with E-state index in [1.807, 2.05) is 60.7 Å². The zero-order valence-electron chi connectivity index (χ0n) is 25.3. The molecule has 0 aliphatic heterocycles. The van der Waals surface area contributed by atoms with Gasteiger partial charge in [-0.05, 0) is 59.3 Å².